The molecular weight excluding hydrogens is 256 g/mol. The number of hydrogen-bond donors (Lipinski definition) is 2. The van der Waals surface area contributed by atoms with Crippen molar-refractivity contribution in [2.45, 2.75) is 52.1 Å². The van der Waals surface area contributed by atoms with E-state index in [0.29, 0.717) is 6.42 Å². The van der Waals surface area contributed by atoms with E-state index >= 15 is 0 Å². The lowest BCUT2D eigenvalue weighted by molar-refractivity contribution is -0.107. The van der Waals surface area contributed by atoms with Crippen LogP contribution in [0.4, 0.5) is 0 Å². The molecule has 0 saturated carbocycles. The molecule has 5 nitrogen and oxygen atoms in total. The molecule has 5 heteroatoms. The number of hydrogen-bond acceptors (Lipinski definition) is 5. The van der Waals surface area contributed by atoms with Gasteiger partial charge in [-0.15, -0.1) is 0 Å². The molecule has 20 heavy (non-hydrogen) atoms. The van der Waals surface area contributed by atoms with Gasteiger partial charge in [-0.1, -0.05) is 20.3 Å². The van der Waals surface area contributed by atoms with Crippen molar-refractivity contribution in [1.82, 2.24) is 4.90 Å². The van der Waals surface area contributed by atoms with Crippen LogP contribution in [0.15, 0.2) is 0 Å². The minimum Gasteiger partial charge on any atom is -0.392 e. The van der Waals surface area contributed by atoms with Crippen LogP contribution >= 0.6 is 0 Å². The summed E-state index contributed by atoms with van der Waals surface area (Å²) in [6.07, 6.45) is 5.70. The monoisotopic (exact) mass is 292 g/mol. The van der Waals surface area contributed by atoms with Crippen molar-refractivity contribution >= 4 is 6.29 Å². The van der Waals surface area contributed by atoms with Crippen LogP contribution in [-0.2, 0) is 9.53 Å². The standard InChI is InChI=1S/C6H13NO.C5H11NO.C2H6O.C2H6/c7-5-3-1-2-4-6-8;1-6-3-2-5(7)4-6;1-3-2;1-2/h6H,1-5,7H2;5,7H,2-4H2,1H3;1-2H3;1-2H3/t;5-;;/m.1../s1. The Bertz CT molecular complexity index is 161. The predicted octanol–water partition coefficient (Wildman–Crippen LogP) is 1.68. The molecule has 0 radical (unpaired) electrons. The first-order chi connectivity index (χ1) is 9.62. The number of likely N-dealkylation sites (tertiary alicyclic amines) is 1. The molecule has 1 fully saturated rings. The van der Waals surface area contributed by atoms with Gasteiger partial charge in [0, 0.05) is 33.7 Å². The maximum Gasteiger partial charge on any atom is 0.119 e. The zero-order chi connectivity index (χ0) is 16.2. The molecule has 0 aromatic heterocycles. The lowest BCUT2D eigenvalue weighted by Gasteiger charge is -2.02. The Morgan fingerprint density at radius 1 is 1.30 bits per heavy atom. The summed E-state index contributed by atoms with van der Waals surface area (Å²) in [5.74, 6) is 0. The second-order valence-corrected chi connectivity index (χ2v) is 4.42. The van der Waals surface area contributed by atoms with Crippen LogP contribution in [-0.4, -0.2) is 63.3 Å². The number of aliphatic hydroxyl groups is 1. The van der Waals surface area contributed by atoms with Crippen molar-refractivity contribution in [1.29, 1.82) is 0 Å². The van der Waals surface area contributed by atoms with Gasteiger partial charge in [-0.2, -0.15) is 0 Å². The van der Waals surface area contributed by atoms with E-state index in [9.17, 15) is 4.79 Å². The molecule has 1 rings (SSSR count). The van der Waals surface area contributed by atoms with E-state index in [-0.39, 0.29) is 6.10 Å². The fourth-order valence-electron chi connectivity index (χ4n) is 1.46. The lowest BCUT2D eigenvalue weighted by Crippen LogP contribution is -2.15. The summed E-state index contributed by atoms with van der Waals surface area (Å²) in [7, 11) is 5.27. The van der Waals surface area contributed by atoms with Gasteiger partial charge in [-0.25, -0.2) is 0 Å². The Kier molecular flexibility index (Phi) is 28.9. The first-order valence-electron chi connectivity index (χ1n) is 7.52. The van der Waals surface area contributed by atoms with Crippen LogP contribution in [0.25, 0.3) is 0 Å². The molecule has 0 bridgehead atoms. The number of nitrogens with zero attached hydrogens (tertiary/aromatic N) is 1. The number of nitrogens with two attached hydrogens (primary N) is 1. The Labute approximate surface area is 125 Å². The van der Waals surface area contributed by atoms with Crippen molar-refractivity contribution in [3.8, 4) is 0 Å². The van der Waals surface area contributed by atoms with E-state index in [1.807, 2.05) is 20.9 Å². The quantitative estimate of drug-likeness (QED) is 0.595. The third-order valence-electron chi connectivity index (χ3n) is 2.39. The van der Waals surface area contributed by atoms with Gasteiger partial charge in [0.2, 0.25) is 0 Å². The van der Waals surface area contributed by atoms with Crippen molar-refractivity contribution in [2.24, 2.45) is 5.73 Å². The molecule has 1 saturated heterocycles. The van der Waals surface area contributed by atoms with Gasteiger partial charge in [0.25, 0.3) is 0 Å². The summed E-state index contributed by atoms with van der Waals surface area (Å²) >= 11 is 0. The molecular formula is C15H36N2O3. The molecule has 1 atom stereocenters. The number of methoxy groups -OCH3 is 1. The number of ether oxygens (including phenoxy) is 1. The topological polar surface area (TPSA) is 75.8 Å². The highest BCUT2D eigenvalue weighted by Crippen LogP contribution is 2.03. The molecule has 0 amide bonds. The van der Waals surface area contributed by atoms with Crippen LogP contribution in [0.1, 0.15) is 46.0 Å². The highest BCUT2D eigenvalue weighted by atomic mass is 16.4. The largest absolute Gasteiger partial charge is 0.392 e. The van der Waals surface area contributed by atoms with Gasteiger partial charge >= 0.3 is 0 Å². The molecule has 3 N–H and O–H groups in total. The number of carbonyl (C=O) groups is 1. The number of likely N-dealkylation sites (N-methyl/N-ethyl adjacent to an activating group) is 1. The average molecular weight is 292 g/mol. The summed E-state index contributed by atoms with van der Waals surface area (Å²) in [5, 5.41) is 8.86. The van der Waals surface area contributed by atoms with E-state index in [2.05, 4.69) is 9.64 Å². The zero-order valence-electron chi connectivity index (χ0n) is 14.1. The van der Waals surface area contributed by atoms with E-state index in [0.717, 1.165) is 51.6 Å². The lowest BCUT2D eigenvalue weighted by atomic mass is 10.2. The van der Waals surface area contributed by atoms with Crippen LogP contribution in [0.3, 0.4) is 0 Å². The van der Waals surface area contributed by atoms with Gasteiger partial charge < -0.3 is 25.3 Å². The van der Waals surface area contributed by atoms with Gasteiger partial charge in [-0.3, -0.25) is 0 Å². The molecule has 0 aromatic rings. The van der Waals surface area contributed by atoms with E-state index in [4.69, 9.17) is 10.8 Å². The van der Waals surface area contributed by atoms with E-state index in [1.165, 1.54) is 0 Å². The Morgan fingerprint density at radius 3 is 2.10 bits per heavy atom. The number of aldehydes is 1. The highest BCUT2D eigenvalue weighted by molar-refractivity contribution is 5.48. The van der Waals surface area contributed by atoms with Gasteiger partial charge in [0.15, 0.2) is 0 Å². The van der Waals surface area contributed by atoms with Crippen LogP contribution in [0, 0.1) is 0 Å². The number of aliphatic hydroxyl groups excluding tert-OH is 1. The van der Waals surface area contributed by atoms with Crippen molar-refractivity contribution in [2.75, 3.05) is 40.9 Å². The predicted molar refractivity (Wildman–Crippen MR) is 86.0 cm³/mol. The molecule has 1 aliphatic rings. The van der Waals surface area contributed by atoms with Crippen molar-refractivity contribution in [3.63, 3.8) is 0 Å². The molecule has 0 aromatic carbocycles. The maximum absolute atomic E-state index is 9.74. The SMILES string of the molecule is CC.CN1CC[C@@H](O)C1.COC.NCCCCCC=O. The number of β-amino-alcohol motifs (C(OH)–C–C–N with tert-alkyl or cyclic N) is 1. The fourth-order valence-corrected chi connectivity index (χ4v) is 1.46. The Balaban J connectivity index is -0.000000220. The summed E-state index contributed by atoms with van der Waals surface area (Å²) < 4.78 is 4.25. The smallest absolute Gasteiger partial charge is 0.119 e. The Hall–Kier alpha value is -0.490. The highest BCUT2D eigenvalue weighted by Gasteiger charge is 2.15. The van der Waals surface area contributed by atoms with Crippen molar-refractivity contribution < 1.29 is 14.6 Å². The summed E-state index contributed by atoms with van der Waals surface area (Å²) in [6, 6.07) is 0. The minimum atomic E-state index is -0.0509. The van der Waals surface area contributed by atoms with Gasteiger partial charge in [-0.05, 0) is 32.9 Å². The van der Waals surface area contributed by atoms with Gasteiger partial charge in [0.1, 0.15) is 6.29 Å². The first kappa shape index (κ1) is 24.5. The molecule has 1 heterocycles. The molecule has 1 aliphatic heterocycles. The van der Waals surface area contributed by atoms with E-state index in [1.54, 1.807) is 14.2 Å². The fraction of sp³-hybridized carbons (Fsp3) is 0.933. The Morgan fingerprint density at radius 2 is 1.85 bits per heavy atom. The van der Waals surface area contributed by atoms with Crippen molar-refractivity contribution in [3.05, 3.63) is 0 Å². The third-order valence-corrected chi connectivity index (χ3v) is 2.39. The second kappa shape index (κ2) is 23.6. The summed E-state index contributed by atoms with van der Waals surface area (Å²) in [5.41, 5.74) is 5.22. The van der Waals surface area contributed by atoms with Gasteiger partial charge in [0.05, 0.1) is 6.10 Å². The summed E-state index contributed by atoms with van der Waals surface area (Å²) in [4.78, 5) is 11.9. The number of rotatable bonds is 5. The molecule has 124 valence electrons. The second-order valence-electron chi connectivity index (χ2n) is 4.42. The molecule has 0 spiro atoms. The summed E-state index contributed by atoms with van der Waals surface area (Å²) in [6.45, 7) is 6.67. The van der Waals surface area contributed by atoms with Crippen LogP contribution in [0.2, 0.25) is 0 Å². The molecule has 0 unspecified atom stereocenters. The number of unbranched alkanes of at least 4 members (excludes halogenated alkanes) is 3. The average Bonchev–Trinajstić information content (AvgIpc) is 2.82. The van der Waals surface area contributed by atoms with Crippen LogP contribution < -0.4 is 5.73 Å². The maximum atomic E-state index is 9.74. The number of carbonyl (C=O) groups excluding carboxylic acids is 1. The normalized spacial score (nSPS) is 16.9. The first-order valence-corrected chi connectivity index (χ1v) is 7.52. The zero-order valence-corrected chi connectivity index (χ0v) is 14.1. The minimum absolute atomic E-state index is 0.0509. The van der Waals surface area contributed by atoms with E-state index < -0.39 is 0 Å². The third kappa shape index (κ3) is 26.1. The molecule has 0 aliphatic carbocycles. The van der Waals surface area contributed by atoms with Crippen LogP contribution in [0.5, 0.6) is 0 Å².